The molecule has 2 N–H and O–H groups in total. The number of hydrogen-bond acceptors (Lipinski definition) is 4. The minimum Gasteiger partial charge on any atom is -0.496 e. The molecule has 0 amide bonds. The van der Waals surface area contributed by atoms with Gasteiger partial charge in [-0.3, -0.25) is 0 Å². The van der Waals surface area contributed by atoms with Crippen LogP contribution in [0.2, 0.25) is 0 Å². The van der Waals surface area contributed by atoms with Crippen molar-refractivity contribution >= 4 is 47.8 Å². The molecule has 0 aromatic heterocycles. The first-order chi connectivity index (χ1) is 15.4. The van der Waals surface area contributed by atoms with Crippen LogP contribution in [0, 0.1) is 0 Å². The van der Waals surface area contributed by atoms with Gasteiger partial charge in [0.05, 0.1) is 21.3 Å². The average molecular weight is 630 g/mol. The summed E-state index contributed by atoms with van der Waals surface area (Å²) in [5.41, 5.74) is 7.90. The summed E-state index contributed by atoms with van der Waals surface area (Å²) in [6.45, 7) is 0. The monoisotopic (exact) mass is 627 g/mol. The van der Waals surface area contributed by atoms with Crippen molar-refractivity contribution in [2.75, 3.05) is 28.4 Å². The lowest BCUT2D eigenvalue weighted by Gasteiger charge is -2.23. The lowest BCUT2D eigenvalue weighted by molar-refractivity contribution is 0.395. The molecule has 3 aromatic carbocycles. The van der Waals surface area contributed by atoms with Gasteiger partial charge in [0.2, 0.25) is 0 Å². The van der Waals surface area contributed by atoms with E-state index in [0.29, 0.717) is 0 Å². The van der Waals surface area contributed by atoms with Gasteiger partial charge >= 0.3 is 0 Å². The molecule has 0 aliphatic rings. The average Bonchev–Trinajstić information content (AvgIpc) is 2.80. The predicted molar refractivity (Wildman–Crippen MR) is 142 cm³/mol. The first kappa shape index (κ1) is 26.7. The van der Waals surface area contributed by atoms with Crippen LogP contribution >= 0.6 is 47.8 Å². The van der Waals surface area contributed by atoms with Gasteiger partial charge < -0.3 is 19.9 Å². The Kier molecular flexibility index (Phi) is 11.0. The Bertz CT molecular complexity index is 972. The van der Waals surface area contributed by atoms with E-state index in [1.807, 2.05) is 36.4 Å². The minimum absolute atomic E-state index is 0.142. The molecule has 0 saturated carbocycles. The van der Waals surface area contributed by atoms with Crippen LogP contribution < -0.4 is 19.9 Å². The quantitative estimate of drug-likeness (QED) is 0.288. The second kappa shape index (κ2) is 13.2. The Labute approximate surface area is 215 Å². The van der Waals surface area contributed by atoms with Crippen LogP contribution in [-0.2, 0) is 12.8 Å². The number of hydrogen-bond donors (Lipinski definition) is 1. The third-order valence-electron chi connectivity index (χ3n) is 5.05. The van der Waals surface area contributed by atoms with Gasteiger partial charge in [-0.15, -0.1) is 0 Å². The second-order valence-electron chi connectivity index (χ2n) is 6.90. The van der Waals surface area contributed by atoms with Crippen LogP contribution in [0.5, 0.6) is 17.2 Å². The van der Waals surface area contributed by atoms with Crippen molar-refractivity contribution in [3.63, 3.8) is 0 Å². The summed E-state index contributed by atoms with van der Waals surface area (Å²) < 4.78 is 20.1. The lowest BCUT2D eigenvalue weighted by Crippen LogP contribution is -2.10. The highest BCUT2D eigenvalue weighted by Crippen LogP contribution is 2.38. The zero-order chi connectivity index (χ0) is 23.7. The SMILES string of the molecule is CN.COc1ccc(Br)cc1CC(Cc1cc(Br)ccc1OC)c1cc(Br)ccc1OC. The molecule has 0 saturated heterocycles. The molecule has 32 heavy (non-hydrogen) atoms. The maximum absolute atomic E-state index is 5.72. The van der Waals surface area contributed by atoms with Crippen molar-refractivity contribution in [1.29, 1.82) is 0 Å². The number of ether oxygens (including phenoxy) is 3. The summed E-state index contributed by atoms with van der Waals surface area (Å²) >= 11 is 10.8. The second-order valence-corrected chi connectivity index (χ2v) is 9.65. The van der Waals surface area contributed by atoms with Crippen molar-refractivity contribution in [1.82, 2.24) is 0 Å². The lowest BCUT2D eigenvalue weighted by atomic mass is 9.85. The molecule has 0 fully saturated rings. The Morgan fingerprint density at radius 1 is 0.625 bits per heavy atom. The number of benzene rings is 3. The van der Waals surface area contributed by atoms with Crippen molar-refractivity contribution < 1.29 is 14.2 Å². The smallest absolute Gasteiger partial charge is 0.122 e. The number of methoxy groups -OCH3 is 3. The summed E-state index contributed by atoms with van der Waals surface area (Å²) in [5, 5.41) is 0. The molecule has 0 atom stereocenters. The Morgan fingerprint density at radius 3 is 1.41 bits per heavy atom. The van der Waals surface area contributed by atoms with Gasteiger partial charge in [0.1, 0.15) is 17.2 Å². The first-order valence-electron chi connectivity index (χ1n) is 10.0. The van der Waals surface area contributed by atoms with Crippen molar-refractivity contribution in [3.05, 3.63) is 84.7 Å². The molecule has 0 aliphatic heterocycles. The maximum atomic E-state index is 5.72. The molecular weight excluding hydrogens is 602 g/mol. The van der Waals surface area contributed by atoms with E-state index in [1.165, 1.54) is 7.05 Å². The molecule has 7 heteroatoms. The first-order valence-corrected chi connectivity index (χ1v) is 12.4. The molecule has 0 bridgehead atoms. The van der Waals surface area contributed by atoms with E-state index in [2.05, 4.69) is 71.7 Å². The van der Waals surface area contributed by atoms with E-state index in [1.54, 1.807) is 21.3 Å². The van der Waals surface area contributed by atoms with Crippen molar-refractivity contribution in [2.45, 2.75) is 18.8 Å². The zero-order valence-electron chi connectivity index (χ0n) is 18.6. The molecule has 3 rings (SSSR count). The molecule has 0 unspecified atom stereocenters. The van der Waals surface area contributed by atoms with E-state index >= 15 is 0 Å². The van der Waals surface area contributed by atoms with E-state index in [0.717, 1.165) is 60.2 Å². The summed E-state index contributed by atoms with van der Waals surface area (Å²) in [6.07, 6.45) is 1.57. The fourth-order valence-electron chi connectivity index (χ4n) is 3.66. The van der Waals surface area contributed by atoms with Gasteiger partial charge in [-0.2, -0.15) is 0 Å². The molecule has 4 nitrogen and oxygen atoms in total. The molecular formula is C25H28Br3NO3. The topological polar surface area (TPSA) is 53.7 Å². The third-order valence-corrected chi connectivity index (χ3v) is 6.53. The standard InChI is InChI=1S/C24H23Br3O3.CH5N/c1-28-22-7-4-18(25)12-16(22)10-15(21-14-20(27)6-9-24(21)30-3)11-17-13-19(26)5-8-23(17)29-2;1-2/h4-9,12-15H,10-11H2,1-3H3;2H2,1H3. The summed E-state index contributed by atoms with van der Waals surface area (Å²) in [6, 6.07) is 18.4. The van der Waals surface area contributed by atoms with Crippen LogP contribution in [0.3, 0.4) is 0 Å². The third kappa shape index (κ3) is 6.98. The van der Waals surface area contributed by atoms with Crippen LogP contribution in [-0.4, -0.2) is 28.4 Å². The molecule has 172 valence electrons. The van der Waals surface area contributed by atoms with E-state index in [9.17, 15) is 0 Å². The Hall–Kier alpha value is -1.54. The maximum Gasteiger partial charge on any atom is 0.122 e. The molecule has 0 radical (unpaired) electrons. The van der Waals surface area contributed by atoms with E-state index < -0.39 is 0 Å². The van der Waals surface area contributed by atoms with Crippen molar-refractivity contribution in [3.8, 4) is 17.2 Å². The highest BCUT2D eigenvalue weighted by Gasteiger charge is 2.22. The molecule has 3 aromatic rings. The Balaban J connectivity index is 0.00000176. The zero-order valence-corrected chi connectivity index (χ0v) is 23.4. The summed E-state index contributed by atoms with van der Waals surface area (Å²) in [5.74, 6) is 2.76. The molecule has 0 heterocycles. The predicted octanol–water partition coefficient (Wildman–Crippen LogP) is 7.14. The molecule has 0 aliphatic carbocycles. The number of halogens is 3. The number of rotatable bonds is 8. The van der Waals surface area contributed by atoms with E-state index in [-0.39, 0.29) is 5.92 Å². The number of nitrogens with two attached hydrogens (primary N) is 1. The fraction of sp³-hybridized carbons (Fsp3) is 0.280. The van der Waals surface area contributed by atoms with Crippen LogP contribution in [0.4, 0.5) is 0 Å². The van der Waals surface area contributed by atoms with Gasteiger partial charge in [-0.1, -0.05) is 47.8 Å². The van der Waals surface area contributed by atoms with Crippen molar-refractivity contribution in [2.24, 2.45) is 5.73 Å². The van der Waals surface area contributed by atoms with Crippen LogP contribution in [0.15, 0.2) is 68.0 Å². The van der Waals surface area contributed by atoms with E-state index in [4.69, 9.17) is 14.2 Å². The summed E-state index contributed by atoms with van der Waals surface area (Å²) in [4.78, 5) is 0. The summed E-state index contributed by atoms with van der Waals surface area (Å²) in [7, 11) is 6.63. The minimum atomic E-state index is 0.142. The Morgan fingerprint density at radius 2 is 1.00 bits per heavy atom. The largest absolute Gasteiger partial charge is 0.496 e. The highest BCUT2D eigenvalue weighted by atomic mass is 79.9. The highest BCUT2D eigenvalue weighted by molar-refractivity contribution is 9.11. The van der Waals surface area contributed by atoms with Gasteiger partial charge in [0.15, 0.2) is 0 Å². The fourth-order valence-corrected chi connectivity index (χ4v) is 4.86. The van der Waals surface area contributed by atoms with Crippen LogP contribution in [0.25, 0.3) is 0 Å². The van der Waals surface area contributed by atoms with Crippen LogP contribution in [0.1, 0.15) is 22.6 Å². The molecule has 0 spiro atoms. The van der Waals surface area contributed by atoms with Gasteiger partial charge in [0.25, 0.3) is 0 Å². The van der Waals surface area contributed by atoms with Gasteiger partial charge in [0, 0.05) is 13.4 Å². The van der Waals surface area contributed by atoms with Gasteiger partial charge in [-0.05, 0) is 97.1 Å². The van der Waals surface area contributed by atoms with Gasteiger partial charge in [-0.25, -0.2) is 0 Å². The normalized spacial score (nSPS) is 10.4.